The summed E-state index contributed by atoms with van der Waals surface area (Å²) in [6.07, 6.45) is -1.50. The number of alkyl halides is 3. The lowest BCUT2D eigenvalue weighted by Crippen LogP contribution is -2.53. The molecule has 0 aromatic rings. The first-order valence-electron chi connectivity index (χ1n) is 7.58. The summed E-state index contributed by atoms with van der Waals surface area (Å²) in [6.45, 7) is 2.42. The lowest BCUT2D eigenvalue weighted by molar-refractivity contribution is -0.180. The number of hydrogen-bond donors (Lipinski definition) is 2. The molecular formula is C14H24F3N3O. The molecule has 2 N–H and O–H groups in total. The number of piperidine rings is 1. The van der Waals surface area contributed by atoms with Gasteiger partial charge in [-0.15, -0.1) is 0 Å². The summed E-state index contributed by atoms with van der Waals surface area (Å²) in [5.74, 6) is -1.52. The SMILES string of the molecule is CC(CNC(=O)C1CCC(C(F)(F)F)CN1)N(C)C1CC1. The van der Waals surface area contributed by atoms with E-state index in [1.807, 2.05) is 14.0 Å². The summed E-state index contributed by atoms with van der Waals surface area (Å²) >= 11 is 0. The van der Waals surface area contributed by atoms with E-state index in [1.54, 1.807) is 0 Å². The first kappa shape index (κ1) is 16.5. The number of halogens is 3. The van der Waals surface area contributed by atoms with Crippen LogP contribution in [0.3, 0.4) is 0 Å². The molecule has 0 aromatic heterocycles. The highest BCUT2D eigenvalue weighted by molar-refractivity contribution is 5.81. The molecule has 1 amide bonds. The molecule has 3 unspecified atom stereocenters. The van der Waals surface area contributed by atoms with E-state index in [-0.39, 0.29) is 31.3 Å². The second-order valence-electron chi connectivity index (χ2n) is 6.27. The number of nitrogens with one attached hydrogen (secondary N) is 2. The molecule has 1 saturated heterocycles. The van der Waals surface area contributed by atoms with Gasteiger partial charge in [-0.3, -0.25) is 9.69 Å². The molecule has 1 aliphatic carbocycles. The fourth-order valence-electron chi connectivity index (χ4n) is 2.72. The number of carbonyl (C=O) groups is 1. The van der Waals surface area contributed by atoms with E-state index >= 15 is 0 Å². The zero-order valence-electron chi connectivity index (χ0n) is 12.5. The van der Waals surface area contributed by atoms with Crippen molar-refractivity contribution >= 4 is 5.91 Å². The smallest absolute Gasteiger partial charge is 0.353 e. The maximum Gasteiger partial charge on any atom is 0.393 e. The Morgan fingerprint density at radius 1 is 1.33 bits per heavy atom. The zero-order chi connectivity index (χ0) is 15.6. The van der Waals surface area contributed by atoms with Gasteiger partial charge < -0.3 is 10.6 Å². The Labute approximate surface area is 123 Å². The van der Waals surface area contributed by atoms with Crippen LogP contribution >= 0.6 is 0 Å². The van der Waals surface area contributed by atoms with E-state index in [9.17, 15) is 18.0 Å². The van der Waals surface area contributed by atoms with Gasteiger partial charge in [-0.25, -0.2) is 0 Å². The van der Waals surface area contributed by atoms with Crippen LogP contribution < -0.4 is 10.6 Å². The Kier molecular flexibility index (Phi) is 5.14. The highest BCUT2D eigenvalue weighted by Gasteiger charge is 2.42. The lowest BCUT2D eigenvalue weighted by atomic mass is 9.94. The standard InChI is InChI=1S/C14H24F3N3O/c1-9(20(2)11-4-5-11)7-19-13(21)12-6-3-10(8-18-12)14(15,16)17/h9-12,18H,3-8H2,1-2H3,(H,19,21). The second kappa shape index (κ2) is 6.52. The Balaban J connectivity index is 1.69. The molecule has 1 aliphatic heterocycles. The second-order valence-corrected chi connectivity index (χ2v) is 6.27. The summed E-state index contributed by atoms with van der Waals surface area (Å²) in [5.41, 5.74) is 0. The van der Waals surface area contributed by atoms with Crippen LogP contribution in [0, 0.1) is 5.92 Å². The molecule has 0 aromatic carbocycles. The molecule has 0 spiro atoms. The van der Waals surface area contributed by atoms with Gasteiger partial charge in [0, 0.05) is 25.2 Å². The fourth-order valence-corrected chi connectivity index (χ4v) is 2.72. The minimum absolute atomic E-state index is 0.0200. The molecule has 1 saturated carbocycles. The van der Waals surface area contributed by atoms with Crippen LogP contribution in [0.2, 0.25) is 0 Å². The van der Waals surface area contributed by atoms with Crippen LogP contribution in [0.5, 0.6) is 0 Å². The molecular weight excluding hydrogens is 283 g/mol. The molecule has 2 rings (SSSR count). The number of likely N-dealkylation sites (N-methyl/N-ethyl adjacent to an activating group) is 1. The van der Waals surface area contributed by atoms with Gasteiger partial charge >= 0.3 is 6.18 Å². The van der Waals surface area contributed by atoms with Crippen LogP contribution in [-0.2, 0) is 4.79 Å². The Bertz CT molecular complexity index is 363. The van der Waals surface area contributed by atoms with Crippen LogP contribution in [0.15, 0.2) is 0 Å². The van der Waals surface area contributed by atoms with Gasteiger partial charge in [0.15, 0.2) is 0 Å². The lowest BCUT2D eigenvalue weighted by Gasteiger charge is -2.31. The van der Waals surface area contributed by atoms with E-state index in [0.717, 1.165) is 0 Å². The quantitative estimate of drug-likeness (QED) is 0.809. The van der Waals surface area contributed by atoms with Crippen LogP contribution in [-0.4, -0.2) is 55.2 Å². The molecule has 4 nitrogen and oxygen atoms in total. The first-order chi connectivity index (χ1) is 9.79. The Hall–Kier alpha value is -0.820. The summed E-state index contributed by atoms with van der Waals surface area (Å²) in [6, 6.07) is 0.368. The van der Waals surface area contributed by atoms with Crippen LogP contribution in [0.25, 0.3) is 0 Å². The van der Waals surface area contributed by atoms with Crippen molar-refractivity contribution in [3.63, 3.8) is 0 Å². The van der Waals surface area contributed by atoms with Crippen molar-refractivity contribution < 1.29 is 18.0 Å². The van der Waals surface area contributed by atoms with Gasteiger partial charge in [0.25, 0.3) is 0 Å². The predicted octanol–water partition coefficient (Wildman–Crippen LogP) is 1.52. The average Bonchev–Trinajstić information content (AvgIpc) is 3.27. The van der Waals surface area contributed by atoms with Gasteiger partial charge in [0.05, 0.1) is 12.0 Å². The Morgan fingerprint density at radius 2 is 2.00 bits per heavy atom. The van der Waals surface area contributed by atoms with E-state index in [0.29, 0.717) is 12.6 Å². The molecule has 3 atom stereocenters. The van der Waals surface area contributed by atoms with E-state index in [4.69, 9.17) is 0 Å². The zero-order valence-corrected chi connectivity index (χ0v) is 12.5. The molecule has 0 bridgehead atoms. The molecule has 7 heteroatoms. The highest BCUT2D eigenvalue weighted by atomic mass is 19.4. The predicted molar refractivity (Wildman–Crippen MR) is 73.8 cm³/mol. The number of hydrogen-bond acceptors (Lipinski definition) is 3. The molecule has 1 heterocycles. The van der Waals surface area contributed by atoms with Crippen molar-refractivity contribution in [2.45, 2.75) is 56.9 Å². The van der Waals surface area contributed by atoms with E-state index in [2.05, 4.69) is 15.5 Å². The van der Waals surface area contributed by atoms with Crippen molar-refractivity contribution in [1.29, 1.82) is 0 Å². The summed E-state index contributed by atoms with van der Waals surface area (Å²) in [5, 5.41) is 5.56. The molecule has 2 fully saturated rings. The minimum atomic E-state index is -4.17. The maximum atomic E-state index is 12.5. The Morgan fingerprint density at radius 3 is 2.48 bits per heavy atom. The van der Waals surface area contributed by atoms with Gasteiger partial charge in [-0.2, -0.15) is 13.2 Å². The summed E-state index contributed by atoms with van der Waals surface area (Å²) < 4.78 is 37.6. The first-order valence-corrected chi connectivity index (χ1v) is 7.58. The van der Waals surface area contributed by atoms with Crippen LogP contribution in [0.1, 0.15) is 32.6 Å². The van der Waals surface area contributed by atoms with E-state index in [1.165, 1.54) is 12.8 Å². The van der Waals surface area contributed by atoms with Crippen molar-refractivity contribution in [3.8, 4) is 0 Å². The summed E-state index contributed by atoms with van der Waals surface area (Å²) in [4.78, 5) is 14.2. The summed E-state index contributed by atoms with van der Waals surface area (Å²) in [7, 11) is 2.04. The number of carbonyl (C=O) groups excluding carboxylic acids is 1. The number of amides is 1. The third-order valence-electron chi connectivity index (χ3n) is 4.58. The monoisotopic (exact) mass is 307 g/mol. The molecule has 2 aliphatic rings. The topological polar surface area (TPSA) is 44.4 Å². The van der Waals surface area contributed by atoms with E-state index < -0.39 is 18.1 Å². The maximum absolute atomic E-state index is 12.5. The number of rotatable bonds is 5. The number of nitrogens with zero attached hydrogens (tertiary/aromatic N) is 1. The third kappa shape index (κ3) is 4.57. The minimum Gasteiger partial charge on any atom is -0.353 e. The largest absolute Gasteiger partial charge is 0.393 e. The fraction of sp³-hybridized carbons (Fsp3) is 0.929. The molecule has 21 heavy (non-hydrogen) atoms. The molecule has 0 radical (unpaired) electrons. The molecule has 122 valence electrons. The normalized spacial score (nSPS) is 28.5. The van der Waals surface area contributed by atoms with Gasteiger partial charge in [0.1, 0.15) is 0 Å². The highest BCUT2D eigenvalue weighted by Crippen LogP contribution is 2.32. The third-order valence-corrected chi connectivity index (χ3v) is 4.58. The van der Waals surface area contributed by atoms with Crippen molar-refractivity contribution in [2.24, 2.45) is 5.92 Å². The van der Waals surface area contributed by atoms with Crippen LogP contribution in [0.4, 0.5) is 13.2 Å². The van der Waals surface area contributed by atoms with Crippen molar-refractivity contribution in [1.82, 2.24) is 15.5 Å². The van der Waals surface area contributed by atoms with Gasteiger partial charge in [-0.05, 0) is 39.7 Å². The van der Waals surface area contributed by atoms with Crippen molar-refractivity contribution in [2.75, 3.05) is 20.1 Å². The van der Waals surface area contributed by atoms with Gasteiger partial charge in [-0.1, -0.05) is 0 Å². The van der Waals surface area contributed by atoms with Crippen molar-refractivity contribution in [3.05, 3.63) is 0 Å². The average molecular weight is 307 g/mol. The van der Waals surface area contributed by atoms with Gasteiger partial charge in [0.2, 0.25) is 5.91 Å².